The Morgan fingerprint density at radius 1 is 0.496 bits per heavy atom. The first kappa shape index (κ1) is 103. The maximum atomic E-state index is 15.4. The minimum Gasteiger partial charge on any atom is -0.508 e. The number of aromatic hydroxyl groups is 1. The topological polar surface area (TPSA) is 152 Å². The van der Waals surface area contributed by atoms with Crippen LogP contribution in [-0.2, 0) is 25.7 Å². The molecule has 5 aliphatic rings. The second-order valence-corrected chi connectivity index (χ2v) is 34.6. The zero-order chi connectivity index (χ0) is 91.3. The Kier molecular flexibility index (Phi) is 40.4. The van der Waals surface area contributed by atoms with Crippen LogP contribution in [0.4, 0.5) is 52.7 Å². The van der Waals surface area contributed by atoms with E-state index in [4.69, 9.17) is 20.3 Å². The van der Waals surface area contributed by atoms with Crippen molar-refractivity contribution in [3.63, 3.8) is 0 Å². The van der Waals surface area contributed by atoms with Crippen LogP contribution in [0.25, 0.3) is 22.3 Å². The van der Waals surface area contributed by atoms with Gasteiger partial charge in [0.05, 0.1) is 43.1 Å². The quantitative estimate of drug-likeness (QED) is 0.0233. The third-order valence-electron chi connectivity index (χ3n) is 20.1. The molecule has 1 aliphatic heterocycles. The number of hydrogen-bond donors (Lipinski definition) is 4. The number of nitrogens with zero attached hydrogens (tertiary/aromatic N) is 1. The Hall–Kier alpha value is -9.11. The lowest BCUT2D eigenvalue weighted by Gasteiger charge is -2.44. The summed E-state index contributed by atoms with van der Waals surface area (Å²) in [5.74, 6) is -7.34. The lowest BCUT2D eigenvalue weighted by atomic mass is 9.84. The number of ether oxygens (including phenoxy) is 3. The molecule has 123 heavy (non-hydrogen) atoms. The van der Waals surface area contributed by atoms with E-state index in [-0.39, 0.29) is 60.3 Å². The zero-order valence-corrected chi connectivity index (χ0v) is 75.4. The molecule has 0 fully saturated rings. The summed E-state index contributed by atoms with van der Waals surface area (Å²) in [4.78, 5) is 32.3. The molecule has 13 rings (SSSR count). The van der Waals surface area contributed by atoms with Gasteiger partial charge in [0, 0.05) is 109 Å². The average molecular weight is 1850 g/mol. The van der Waals surface area contributed by atoms with Gasteiger partial charge in [0.25, 0.3) is 0 Å². The van der Waals surface area contributed by atoms with Crippen molar-refractivity contribution in [3.05, 3.63) is 283 Å². The molecule has 0 spiro atoms. The Labute approximate surface area is 733 Å². The van der Waals surface area contributed by atoms with Crippen molar-refractivity contribution in [2.24, 2.45) is 5.73 Å². The van der Waals surface area contributed by atoms with Crippen LogP contribution < -0.4 is 30.6 Å². The van der Waals surface area contributed by atoms with E-state index in [0.717, 1.165) is 91.5 Å². The molecule has 0 radical (unpaired) electrons. The van der Waals surface area contributed by atoms with E-state index in [1.54, 1.807) is 41.5 Å². The summed E-state index contributed by atoms with van der Waals surface area (Å²) in [7, 11) is 1.29. The molecule has 5 N–H and O–H groups in total. The summed E-state index contributed by atoms with van der Waals surface area (Å²) < 4.78 is 176. The molecular formula is C98H114Br2F12N4O7. The van der Waals surface area contributed by atoms with E-state index in [1.807, 2.05) is 30.9 Å². The lowest BCUT2D eigenvalue weighted by Crippen LogP contribution is -2.47. The van der Waals surface area contributed by atoms with Gasteiger partial charge >= 0.3 is 0 Å². The van der Waals surface area contributed by atoms with Gasteiger partial charge in [-0.3, -0.25) is 19.3 Å². The number of nitrogens with one attached hydrogen (secondary N) is 2. The minimum absolute atomic E-state index is 0.0256. The number of hydrogen-bond acceptors (Lipinski definition) is 11. The van der Waals surface area contributed by atoms with Crippen molar-refractivity contribution in [1.29, 1.82) is 0 Å². The molecule has 0 bridgehead atoms. The van der Waals surface area contributed by atoms with E-state index in [0.29, 0.717) is 74.0 Å². The Morgan fingerprint density at radius 3 is 1.16 bits per heavy atom. The molecule has 25 heteroatoms. The summed E-state index contributed by atoms with van der Waals surface area (Å²) in [5, 5.41) is 16.3. The monoisotopic (exact) mass is 1840 g/mol. The predicted molar refractivity (Wildman–Crippen MR) is 477 cm³/mol. The van der Waals surface area contributed by atoms with Crippen molar-refractivity contribution in [2.45, 2.75) is 201 Å². The van der Waals surface area contributed by atoms with Crippen molar-refractivity contribution in [2.75, 3.05) is 50.6 Å². The number of phenolic OH excluding ortho intramolecular Hbond substituents is 1. The molecule has 8 aromatic carbocycles. The molecule has 0 amide bonds. The Balaban J connectivity index is 0.000000226. The summed E-state index contributed by atoms with van der Waals surface area (Å²) in [6, 6.07) is 41.6. The minimum atomic E-state index is -1.50. The molecule has 5 atom stereocenters. The molecule has 0 saturated carbocycles. The highest BCUT2D eigenvalue weighted by atomic mass is 79.9. The molecule has 8 aromatic rings. The third kappa shape index (κ3) is 32.7. The number of methoxy groups -OCH3 is 1. The van der Waals surface area contributed by atoms with Gasteiger partial charge in [0.15, 0.2) is 18.9 Å². The zero-order valence-electron chi connectivity index (χ0n) is 72.2. The SMILES string of the molecule is CCC(C)(C)F.COc1cc(F)c(C=O)c(F)c1.C[C@@H](N)CC1=CCc2ccccc21.C[C@@H]1CC2=C(Cc3ccccc32)[C@@H](c2c(F)cc(OCCBr)cc2F)N1CC(C)(C)F.C[C@H](CC1=CCc2ccccc21)NCC(C)(C)F.C[C@H](CC1=CCc2ccccc21)NCC(C)(C)F.O=Cc1c(F)cc(O)cc1F.O=Cc1c(F)cc(OCCBr)cc1F. The van der Waals surface area contributed by atoms with E-state index < -0.39 is 97.7 Å². The molecule has 0 aromatic heterocycles. The van der Waals surface area contributed by atoms with Crippen molar-refractivity contribution >= 4 is 73.0 Å². The first-order valence-corrected chi connectivity index (χ1v) is 43.0. The van der Waals surface area contributed by atoms with Gasteiger partial charge in [-0.25, -0.2) is 52.7 Å². The fraction of sp³-hybridized carbons (Fsp3) is 0.398. The van der Waals surface area contributed by atoms with E-state index in [9.17, 15) is 58.3 Å². The molecule has 666 valence electrons. The van der Waals surface area contributed by atoms with Gasteiger partial charge in [-0.05, 0) is 213 Å². The van der Waals surface area contributed by atoms with Gasteiger partial charge in [0.2, 0.25) is 0 Å². The van der Waals surface area contributed by atoms with Crippen LogP contribution in [0.3, 0.4) is 0 Å². The first-order valence-electron chi connectivity index (χ1n) is 40.7. The lowest BCUT2D eigenvalue weighted by molar-refractivity contribution is 0.0676. The van der Waals surface area contributed by atoms with E-state index in [2.05, 4.69) is 171 Å². The summed E-state index contributed by atoms with van der Waals surface area (Å²) in [5.41, 5.74) is 16.2. The number of phenols is 1. The number of halogens is 14. The molecule has 11 nitrogen and oxygen atoms in total. The number of carbonyl (C=O) groups is 3. The largest absolute Gasteiger partial charge is 0.508 e. The normalized spacial score (nSPS) is 15.4. The Morgan fingerprint density at radius 2 is 0.829 bits per heavy atom. The number of nitrogens with two attached hydrogens (primary N) is 1. The number of carbonyl (C=O) groups excluding carboxylic acids is 3. The van der Waals surface area contributed by atoms with Crippen LogP contribution in [0.1, 0.15) is 209 Å². The maximum absolute atomic E-state index is 15.4. The highest BCUT2D eigenvalue weighted by molar-refractivity contribution is 9.09. The molecular weight excluding hydrogens is 1730 g/mol. The second-order valence-electron chi connectivity index (χ2n) is 33.0. The summed E-state index contributed by atoms with van der Waals surface area (Å²) >= 11 is 6.35. The summed E-state index contributed by atoms with van der Waals surface area (Å²) in [6.45, 7) is 24.3. The predicted octanol–water partition coefficient (Wildman–Crippen LogP) is 24.4. The molecule has 0 saturated heterocycles. The maximum Gasteiger partial charge on any atom is 0.155 e. The van der Waals surface area contributed by atoms with Gasteiger partial charge < -0.3 is 35.7 Å². The Bertz CT molecular complexity index is 4770. The number of fused-ring (bicyclic) bond motifs is 5. The van der Waals surface area contributed by atoms with Crippen LogP contribution in [0.15, 0.2) is 169 Å². The molecule has 0 unspecified atom stereocenters. The van der Waals surface area contributed by atoms with Crippen LogP contribution >= 0.6 is 31.9 Å². The second kappa shape index (κ2) is 48.4. The highest BCUT2D eigenvalue weighted by Gasteiger charge is 2.43. The van der Waals surface area contributed by atoms with Gasteiger partial charge in [-0.2, -0.15) is 0 Å². The van der Waals surface area contributed by atoms with Gasteiger partial charge in [-0.1, -0.05) is 154 Å². The molecule has 1 heterocycles. The smallest absolute Gasteiger partial charge is 0.155 e. The first-order chi connectivity index (χ1) is 58.0. The number of benzene rings is 8. The van der Waals surface area contributed by atoms with Crippen LogP contribution in [-0.4, -0.2) is 126 Å². The highest BCUT2D eigenvalue weighted by Crippen LogP contribution is 2.51. The van der Waals surface area contributed by atoms with Crippen molar-refractivity contribution in [1.82, 2.24) is 15.5 Å². The van der Waals surface area contributed by atoms with Crippen LogP contribution in [0.5, 0.6) is 23.0 Å². The van der Waals surface area contributed by atoms with Crippen molar-refractivity contribution in [3.8, 4) is 23.0 Å². The fourth-order valence-electron chi connectivity index (χ4n) is 13.9. The van der Waals surface area contributed by atoms with Crippen molar-refractivity contribution < 1.29 is 86.4 Å². The number of rotatable bonds is 26. The third-order valence-corrected chi connectivity index (χ3v) is 20.8. The van der Waals surface area contributed by atoms with E-state index >= 15 is 8.78 Å². The van der Waals surface area contributed by atoms with E-state index in [1.165, 1.54) is 83.2 Å². The number of allylic oxidation sites excluding steroid dienone is 3. The van der Waals surface area contributed by atoms with Gasteiger partial charge in [0.1, 0.15) is 92.2 Å². The fourth-order valence-corrected chi connectivity index (χ4v) is 14.2. The van der Waals surface area contributed by atoms with Gasteiger partial charge in [-0.15, -0.1) is 0 Å². The molecule has 4 aliphatic carbocycles. The average Bonchev–Trinajstić information content (AvgIpc) is 1.62. The standard InChI is InChI=1S/C25H27BrF3NO.2C16H22FN.C12H15N.C9H7BrF2O2.C8H6F2O2.C7H4F2O2.C5H11F/c1-15-10-19-18-7-5-4-6-16(18)11-20(19)24(30(15)14-25(2,3)29)23-21(27)12-17(13-22(23)28)31-9-8-26;2*1-12(18-11-16(2,3)17)10-14-9-8-13-6-4-5-7-15(13)14;1-9(13)8-11-7-6-10-4-2-3-5-12(10)11;10-1-2-14-6-3-8(11)7(5-13)9(12)4-6;1-12-5-2-7(9)6(4-11)8(10)3-5;8-6-1-4(11)2-7(9)5(6)3-10;1-4-5(2,3)6/h4-7,12-13,15,24H,8-11,14H2,1-3H3;2*4-7,9,12,18H,8,10-11H2,1-3H3;2-5,7,9H,6,8,13H2,1H3;3-5H,1-2H2;2-4H,1H3;1-3,11H;4H2,1-3H3/t15-,24+;2*12-;9-;;;;/m1111..../s1. The number of alkyl halides is 6. The van der Waals surface area contributed by atoms with Crippen LogP contribution in [0, 0.1) is 46.5 Å². The summed E-state index contributed by atoms with van der Waals surface area (Å²) in [6.07, 6.45) is 15.2. The number of aldehydes is 3. The van der Waals surface area contributed by atoms with Crippen LogP contribution in [0.2, 0.25) is 0 Å².